The van der Waals surface area contributed by atoms with Crippen molar-refractivity contribution in [1.82, 2.24) is 5.32 Å². The third-order valence-electron chi connectivity index (χ3n) is 3.19. The number of ether oxygens (including phenoxy) is 2. The largest absolute Gasteiger partial charge is 0.434 e. The maximum Gasteiger partial charge on any atom is 0.387 e. The second-order valence-corrected chi connectivity index (χ2v) is 4.71. The molecule has 0 spiro atoms. The first-order valence-electron chi connectivity index (χ1n) is 6.66. The highest BCUT2D eigenvalue weighted by atomic mass is 19.3. The topological polar surface area (TPSA) is 47.6 Å². The molecule has 7 heteroatoms. The van der Waals surface area contributed by atoms with E-state index in [1.54, 1.807) is 0 Å². The number of benzene rings is 1. The molecule has 4 nitrogen and oxygen atoms in total. The Morgan fingerprint density at radius 2 is 2.29 bits per heavy atom. The van der Waals surface area contributed by atoms with E-state index in [4.69, 9.17) is 4.74 Å². The van der Waals surface area contributed by atoms with E-state index in [0.29, 0.717) is 6.61 Å². The van der Waals surface area contributed by atoms with Crippen molar-refractivity contribution < 1.29 is 27.4 Å². The van der Waals surface area contributed by atoms with Crippen LogP contribution in [0, 0.1) is 5.82 Å². The fourth-order valence-electron chi connectivity index (χ4n) is 2.19. The average molecular weight is 303 g/mol. The molecule has 1 aliphatic rings. The van der Waals surface area contributed by atoms with Crippen LogP contribution in [0.3, 0.4) is 0 Å². The van der Waals surface area contributed by atoms with Crippen molar-refractivity contribution >= 4 is 5.91 Å². The molecular formula is C14H16F3NO3. The monoisotopic (exact) mass is 303 g/mol. The molecule has 116 valence electrons. The van der Waals surface area contributed by atoms with Crippen molar-refractivity contribution in [3.63, 3.8) is 0 Å². The van der Waals surface area contributed by atoms with E-state index in [-0.39, 0.29) is 36.3 Å². The summed E-state index contributed by atoms with van der Waals surface area (Å²) in [6.45, 7) is -2.62. The summed E-state index contributed by atoms with van der Waals surface area (Å²) in [5.74, 6) is -1.29. The Bertz CT molecular complexity index is 490. The maximum absolute atomic E-state index is 13.7. The molecule has 0 unspecified atom stereocenters. The van der Waals surface area contributed by atoms with E-state index in [2.05, 4.69) is 10.1 Å². The number of hydrogen-bond donors (Lipinski definition) is 1. The van der Waals surface area contributed by atoms with Crippen LogP contribution < -0.4 is 10.1 Å². The van der Waals surface area contributed by atoms with Gasteiger partial charge in [0.2, 0.25) is 5.91 Å². The SMILES string of the molecule is O=C(C[C@H]1CCCO1)NCc1c(F)cccc1OC(F)F. The summed E-state index contributed by atoms with van der Waals surface area (Å²) in [5.41, 5.74) is -0.0986. The van der Waals surface area contributed by atoms with Gasteiger partial charge in [0.05, 0.1) is 12.5 Å². The second kappa shape index (κ2) is 7.31. The Balaban J connectivity index is 1.93. The number of carbonyl (C=O) groups is 1. The molecule has 1 heterocycles. The van der Waals surface area contributed by atoms with Gasteiger partial charge in [-0.1, -0.05) is 6.07 Å². The van der Waals surface area contributed by atoms with Gasteiger partial charge in [-0.3, -0.25) is 4.79 Å². The zero-order valence-electron chi connectivity index (χ0n) is 11.3. The highest BCUT2D eigenvalue weighted by molar-refractivity contribution is 5.76. The van der Waals surface area contributed by atoms with E-state index < -0.39 is 12.4 Å². The molecule has 0 aliphatic carbocycles. The molecular weight excluding hydrogens is 287 g/mol. The second-order valence-electron chi connectivity index (χ2n) is 4.71. The Kier molecular flexibility index (Phi) is 5.44. The molecule has 1 saturated heterocycles. The van der Waals surface area contributed by atoms with Gasteiger partial charge in [-0.2, -0.15) is 8.78 Å². The van der Waals surface area contributed by atoms with Crippen LogP contribution >= 0.6 is 0 Å². The normalized spacial score (nSPS) is 18.0. The maximum atomic E-state index is 13.7. The lowest BCUT2D eigenvalue weighted by Gasteiger charge is -2.13. The summed E-state index contributed by atoms with van der Waals surface area (Å²) < 4.78 is 47.7. The van der Waals surface area contributed by atoms with Gasteiger partial charge in [0.25, 0.3) is 0 Å². The van der Waals surface area contributed by atoms with Gasteiger partial charge in [-0.05, 0) is 25.0 Å². The van der Waals surface area contributed by atoms with Crippen LogP contribution in [-0.4, -0.2) is 25.2 Å². The molecule has 2 rings (SSSR count). The van der Waals surface area contributed by atoms with E-state index in [1.807, 2.05) is 0 Å². The van der Waals surface area contributed by atoms with Gasteiger partial charge < -0.3 is 14.8 Å². The minimum absolute atomic E-state index is 0.0986. The van der Waals surface area contributed by atoms with Crippen molar-refractivity contribution in [2.45, 2.75) is 38.5 Å². The summed E-state index contributed by atoms with van der Waals surface area (Å²) >= 11 is 0. The van der Waals surface area contributed by atoms with Crippen LogP contribution in [0.4, 0.5) is 13.2 Å². The van der Waals surface area contributed by atoms with Gasteiger partial charge in [-0.25, -0.2) is 4.39 Å². The molecule has 0 radical (unpaired) electrons. The molecule has 1 fully saturated rings. The number of nitrogens with one attached hydrogen (secondary N) is 1. The summed E-state index contributed by atoms with van der Waals surface area (Å²) in [5, 5.41) is 2.50. The Hall–Kier alpha value is -1.76. The van der Waals surface area contributed by atoms with Crippen molar-refractivity contribution in [1.29, 1.82) is 0 Å². The minimum atomic E-state index is -3.05. The van der Waals surface area contributed by atoms with Crippen LogP contribution in [0.5, 0.6) is 5.75 Å². The van der Waals surface area contributed by atoms with Crippen LogP contribution in [0.25, 0.3) is 0 Å². The molecule has 1 aromatic rings. The lowest BCUT2D eigenvalue weighted by Crippen LogP contribution is -2.27. The predicted octanol–water partition coefficient (Wildman–Crippen LogP) is 2.61. The quantitative estimate of drug-likeness (QED) is 0.879. The van der Waals surface area contributed by atoms with Gasteiger partial charge in [-0.15, -0.1) is 0 Å². The number of hydrogen-bond acceptors (Lipinski definition) is 3. The number of amides is 1. The molecule has 1 amide bonds. The fraction of sp³-hybridized carbons (Fsp3) is 0.500. The van der Waals surface area contributed by atoms with E-state index >= 15 is 0 Å². The molecule has 1 aliphatic heterocycles. The number of carbonyl (C=O) groups excluding carboxylic acids is 1. The molecule has 0 saturated carbocycles. The van der Waals surface area contributed by atoms with Crippen molar-refractivity contribution in [2.24, 2.45) is 0 Å². The zero-order valence-corrected chi connectivity index (χ0v) is 11.3. The molecule has 21 heavy (non-hydrogen) atoms. The summed E-state index contributed by atoms with van der Waals surface area (Å²) in [6, 6.07) is 3.63. The molecule has 1 aromatic carbocycles. The van der Waals surface area contributed by atoms with E-state index in [0.717, 1.165) is 18.9 Å². The molecule has 0 bridgehead atoms. The van der Waals surface area contributed by atoms with E-state index in [1.165, 1.54) is 12.1 Å². The molecule has 1 atom stereocenters. The highest BCUT2D eigenvalue weighted by Crippen LogP contribution is 2.23. The average Bonchev–Trinajstić information content (AvgIpc) is 2.90. The Morgan fingerprint density at radius 1 is 1.48 bits per heavy atom. The number of halogens is 3. The third-order valence-corrected chi connectivity index (χ3v) is 3.19. The van der Waals surface area contributed by atoms with E-state index in [9.17, 15) is 18.0 Å². The smallest absolute Gasteiger partial charge is 0.387 e. The highest BCUT2D eigenvalue weighted by Gasteiger charge is 2.20. The molecule has 0 aromatic heterocycles. The third kappa shape index (κ3) is 4.63. The van der Waals surface area contributed by atoms with Gasteiger partial charge in [0.1, 0.15) is 11.6 Å². The first-order valence-corrected chi connectivity index (χ1v) is 6.66. The standard InChI is InChI=1S/C14H16F3NO3/c15-11-4-1-5-12(21-14(16)17)10(11)8-18-13(19)7-9-3-2-6-20-9/h1,4-5,9,14H,2-3,6-8H2,(H,18,19)/t9-/m1/s1. The Morgan fingerprint density at radius 3 is 2.95 bits per heavy atom. The van der Waals surface area contributed by atoms with Crippen molar-refractivity contribution in [3.05, 3.63) is 29.6 Å². The van der Waals surface area contributed by atoms with Gasteiger partial charge in [0, 0.05) is 18.7 Å². The van der Waals surface area contributed by atoms with Crippen molar-refractivity contribution in [2.75, 3.05) is 6.61 Å². The van der Waals surface area contributed by atoms with Crippen LogP contribution in [0.1, 0.15) is 24.8 Å². The van der Waals surface area contributed by atoms with Gasteiger partial charge >= 0.3 is 6.61 Å². The van der Waals surface area contributed by atoms with Crippen molar-refractivity contribution in [3.8, 4) is 5.75 Å². The van der Waals surface area contributed by atoms with Crippen LogP contribution in [0.15, 0.2) is 18.2 Å². The summed E-state index contributed by atoms with van der Waals surface area (Å²) in [6.07, 6.45) is 1.78. The Labute approximate surface area is 120 Å². The molecule has 1 N–H and O–H groups in total. The first-order chi connectivity index (χ1) is 10.1. The lowest BCUT2D eigenvalue weighted by atomic mass is 10.1. The van der Waals surface area contributed by atoms with Gasteiger partial charge in [0.15, 0.2) is 0 Å². The first kappa shape index (κ1) is 15.6. The fourth-order valence-corrected chi connectivity index (χ4v) is 2.19. The minimum Gasteiger partial charge on any atom is -0.434 e. The van der Waals surface area contributed by atoms with Crippen LogP contribution in [0.2, 0.25) is 0 Å². The van der Waals surface area contributed by atoms with Crippen LogP contribution in [-0.2, 0) is 16.1 Å². The summed E-state index contributed by atoms with van der Waals surface area (Å²) in [7, 11) is 0. The number of alkyl halides is 2. The number of rotatable bonds is 6. The zero-order chi connectivity index (χ0) is 15.2. The summed E-state index contributed by atoms with van der Waals surface area (Å²) in [4.78, 5) is 11.7. The predicted molar refractivity (Wildman–Crippen MR) is 68.5 cm³/mol. The lowest BCUT2D eigenvalue weighted by molar-refractivity contribution is -0.123.